The van der Waals surface area contributed by atoms with Gasteiger partial charge in [-0.1, -0.05) is 23.2 Å². The molecule has 1 aromatic heterocycles. The summed E-state index contributed by atoms with van der Waals surface area (Å²) in [5, 5.41) is 3.25. The summed E-state index contributed by atoms with van der Waals surface area (Å²) in [5.74, 6) is -0.266. The normalized spacial score (nSPS) is 11.4. The summed E-state index contributed by atoms with van der Waals surface area (Å²) < 4.78 is 5.01. The summed E-state index contributed by atoms with van der Waals surface area (Å²) in [5.41, 5.74) is -0.0959. The largest absolute Gasteiger partial charge is 0.382 e. The summed E-state index contributed by atoms with van der Waals surface area (Å²) in [7, 11) is 1.58. The van der Waals surface area contributed by atoms with Crippen molar-refractivity contribution in [1.29, 1.82) is 0 Å². The van der Waals surface area contributed by atoms with Crippen LogP contribution in [0.4, 0.5) is 0 Å². The summed E-state index contributed by atoms with van der Waals surface area (Å²) in [6.07, 6.45) is 1.38. The average molecular weight is 277 g/mol. The highest BCUT2D eigenvalue weighted by Gasteiger charge is 2.21. The van der Waals surface area contributed by atoms with E-state index in [0.717, 1.165) is 0 Å². The maximum atomic E-state index is 11.9. The Hall–Kier alpha value is -0.840. The number of ether oxygens (including phenoxy) is 1. The van der Waals surface area contributed by atoms with Crippen LogP contribution in [0.15, 0.2) is 12.3 Å². The lowest BCUT2D eigenvalue weighted by Gasteiger charge is -2.25. The summed E-state index contributed by atoms with van der Waals surface area (Å²) >= 11 is 11.5. The first-order valence-corrected chi connectivity index (χ1v) is 5.74. The van der Waals surface area contributed by atoms with E-state index < -0.39 is 5.54 Å². The van der Waals surface area contributed by atoms with E-state index in [1.54, 1.807) is 7.11 Å². The molecule has 0 atom stereocenters. The Morgan fingerprint density at radius 3 is 2.71 bits per heavy atom. The molecule has 1 heterocycles. The van der Waals surface area contributed by atoms with E-state index in [-0.39, 0.29) is 16.1 Å². The number of hydrogen-bond acceptors (Lipinski definition) is 3. The first-order valence-electron chi connectivity index (χ1n) is 4.98. The molecule has 17 heavy (non-hydrogen) atoms. The molecule has 94 valence electrons. The van der Waals surface area contributed by atoms with E-state index in [1.807, 2.05) is 13.8 Å². The van der Waals surface area contributed by atoms with Crippen molar-refractivity contribution in [2.75, 3.05) is 13.7 Å². The number of methoxy groups -OCH3 is 1. The van der Waals surface area contributed by atoms with Crippen LogP contribution in [0.3, 0.4) is 0 Å². The fourth-order valence-corrected chi connectivity index (χ4v) is 1.59. The van der Waals surface area contributed by atoms with Gasteiger partial charge in [-0.05, 0) is 19.9 Å². The van der Waals surface area contributed by atoms with Crippen molar-refractivity contribution in [3.05, 3.63) is 28.0 Å². The summed E-state index contributed by atoms with van der Waals surface area (Å²) in [4.78, 5) is 15.7. The van der Waals surface area contributed by atoms with Gasteiger partial charge in [-0.3, -0.25) is 4.79 Å². The molecule has 1 aromatic rings. The molecule has 1 rings (SSSR count). The molecule has 1 N–H and O–H groups in total. The molecule has 1 amide bonds. The Kier molecular flexibility index (Phi) is 4.74. The van der Waals surface area contributed by atoms with Crippen LogP contribution in [0.2, 0.25) is 10.2 Å². The molecule has 0 radical (unpaired) electrons. The first-order chi connectivity index (χ1) is 7.85. The van der Waals surface area contributed by atoms with Crippen LogP contribution in [0.5, 0.6) is 0 Å². The fourth-order valence-electron chi connectivity index (χ4n) is 1.32. The number of pyridine rings is 1. The second-order valence-electron chi connectivity index (χ2n) is 4.27. The van der Waals surface area contributed by atoms with E-state index in [4.69, 9.17) is 27.9 Å². The van der Waals surface area contributed by atoms with Crippen LogP contribution in [0.1, 0.15) is 24.2 Å². The minimum Gasteiger partial charge on any atom is -0.382 e. The molecule has 0 unspecified atom stereocenters. The number of rotatable bonds is 4. The molecule has 0 bridgehead atoms. The predicted octanol–water partition coefficient (Wildman–Crippen LogP) is 2.54. The molecule has 0 saturated carbocycles. The lowest BCUT2D eigenvalue weighted by atomic mass is 10.1. The van der Waals surface area contributed by atoms with Crippen molar-refractivity contribution in [2.45, 2.75) is 19.4 Å². The van der Waals surface area contributed by atoms with Crippen molar-refractivity contribution in [1.82, 2.24) is 10.3 Å². The molecular weight excluding hydrogens is 263 g/mol. The van der Waals surface area contributed by atoms with E-state index in [9.17, 15) is 4.79 Å². The van der Waals surface area contributed by atoms with E-state index in [0.29, 0.717) is 12.2 Å². The van der Waals surface area contributed by atoms with Gasteiger partial charge in [0.25, 0.3) is 5.91 Å². The Balaban J connectivity index is 2.80. The second kappa shape index (κ2) is 5.67. The van der Waals surface area contributed by atoms with Crippen molar-refractivity contribution in [3.63, 3.8) is 0 Å². The number of carbonyl (C=O) groups is 1. The SMILES string of the molecule is COCC(C)(C)NC(=O)c1cnc(Cl)c(Cl)c1. The van der Waals surface area contributed by atoms with Crippen LogP contribution in [0, 0.1) is 0 Å². The van der Waals surface area contributed by atoms with Crippen molar-refractivity contribution in [2.24, 2.45) is 0 Å². The van der Waals surface area contributed by atoms with Gasteiger partial charge >= 0.3 is 0 Å². The van der Waals surface area contributed by atoms with Gasteiger partial charge in [-0.25, -0.2) is 4.98 Å². The first kappa shape index (κ1) is 14.2. The smallest absolute Gasteiger partial charge is 0.253 e. The number of amides is 1. The highest BCUT2D eigenvalue weighted by molar-refractivity contribution is 6.41. The number of nitrogens with one attached hydrogen (secondary N) is 1. The van der Waals surface area contributed by atoms with Crippen LogP contribution in [-0.2, 0) is 4.74 Å². The quantitative estimate of drug-likeness (QED) is 0.860. The minimum atomic E-state index is -0.460. The van der Waals surface area contributed by atoms with Gasteiger partial charge in [0, 0.05) is 13.3 Å². The molecule has 0 aliphatic heterocycles. The fraction of sp³-hybridized carbons (Fsp3) is 0.455. The molecule has 0 aromatic carbocycles. The Labute approximate surface area is 110 Å². The van der Waals surface area contributed by atoms with Gasteiger partial charge in [0.2, 0.25) is 0 Å². The zero-order chi connectivity index (χ0) is 13.1. The van der Waals surface area contributed by atoms with Gasteiger partial charge in [0.1, 0.15) is 5.15 Å². The predicted molar refractivity (Wildman–Crippen MR) is 67.7 cm³/mol. The zero-order valence-electron chi connectivity index (χ0n) is 9.88. The van der Waals surface area contributed by atoms with Gasteiger partial charge in [0.05, 0.1) is 22.7 Å². The van der Waals surface area contributed by atoms with E-state index in [1.165, 1.54) is 12.3 Å². The van der Waals surface area contributed by atoms with Crippen LogP contribution >= 0.6 is 23.2 Å². The Bertz CT molecular complexity index is 422. The van der Waals surface area contributed by atoms with Gasteiger partial charge < -0.3 is 10.1 Å². The number of halogens is 2. The highest BCUT2D eigenvalue weighted by Crippen LogP contribution is 2.20. The lowest BCUT2D eigenvalue weighted by Crippen LogP contribution is -2.46. The number of carbonyl (C=O) groups excluding carboxylic acids is 1. The number of nitrogens with zero attached hydrogens (tertiary/aromatic N) is 1. The molecule has 0 saturated heterocycles. The summed E-state index contributed by atoms with van der Waals surface area (Å²) in [6, 6.07) is 1.48. The summed E-state index contributed by atoms with van der Waals surface area (Å²) in [6.45, 7) is 4.13. The van der Waals surface area contributed by atoms with Gasteiger partial charge in [0.15, 0.2) is 0 Å². The minimum absolute atomic E-state index is 0.180. The number of aromatic nitrogens is 1. The molecule has 0 aliphatic rings. The van der Waals surface area contributed by atoms with E-state index in [2.05, 4.69) is 10.3 Å². The van der Waals surface area contributed by atoms with Gasteiger partial charge in [-0.15, -0.1) is 0 Å². The van der Waals surface area contributed by atoms with Crippen molar-refractivity contribution >= 4 is 29.1 Å². The molecular formula is C11H14Cl2N2O2. The van der Waals surface area contributed by atoms with E-state index >= 15 is 0 Å². The van der Waals surface area contributed by atoms with Crippen molar-refractivity contribution in [3.8, 4) is 0 Å². The Morgan fingerprint density at radius 2 is 2.18 bits per heavy atom. The zero-order valence-corrected chi connectivity index (χ0v) is 11.4. The third kappa shape index (κ3) is 4.15. The maximum absolute atomic E-state index is 11.9. The highest BCUT2D eigenvalue weighted by atomic mass is 35.5. The topological polar surface area (TPSA) is 51.2 Å². The maximum Gasteiger partial charge on any atom is 0.253 e. The molecule has 0 fully saturated rings. The molecule has 6 heteroatoms. The third-order valence-electron chi connectivity index (χ3n) is 2.02. The second-order valence-corrected chi connectivity index (χ2v) is 5.03. The van der Waals surface area contributed by atoms with Gasteiger partial charge in [-0.2, -0.15) is 0 Å². The van der Waals surface area contributed by atoms with Crippen molar-refractivity contribution < 1.29 is 9.53 Å². The lowest BCUT2D eigenvalue weighted by molar-refractivity contribution is 0.0819. The molecule has 0 aliphatic carbocycles. The molecule has 4 nitrogen and oxygen atoms in total. The average Bonchev–Trinajstić information content (AvgIpc) is 2.21. The Morgan fingerprint density at radius 1 is 1.53 bits per heavy atom. The van der Waals surface area contributed by atoms with Crippen LogP contribution in [-0.4, -0.2) is 30.1 Å². The van der Waals surface area contributed by atoms with Crippen LogP contribution < -0.4 is 5.32 Å². The third-order valence-corrected chi connectivity index (χ3v) is 2.70. The number of hydrogen-bond donors (Lipinski definition) is 1. The molecule has 0 spiro atoms. The standard InChI is InChI=1S/C11H14Cl2N2O2/c1-11(2,6-17-3)15-10(16)7-4-8(12)9(13)14-5-7/h4-5H,6H2,1-3H3,(H,15,16). The van der Waals surface area contributed by atoms with Crippen LogP contribution in [0.25, 0.3) is 0 Å². The monoisotopic (exact) mass is 276 g/mol.